The minimum Gasteiger partial charge on any atom is -0.393 e. The Bertz CT molecular complexity index is 422. The van der Waals surface area contributed by atoms with Crippen molar-refractivity contribution >= 4 is 10.1 Å². The van der Waals surface area contributed by atoms with Crippen molar-refractivity contribution < 1.29 is 18.1 Å². The second kappa shape index (κ2) is 18.9. The van der Waals surface area contributed by atoms with Gasteiger partial charge in [0.05, 0.1) is 11.4 Å². The summed E-state index contributed by atoms with van der Waals surface area (Å²) in [7, 11) is -3.89. The van der Waals surface area contributed by atoms with E-state index in [1.54, 1.807) is 6.92 Å². The lowest BCUT2D eigenvalue weighted by atomic mass is 10.0. The highest BCUT2D eigenvalue weighted by molar-refractivity contribution is 7.86. The van der Waals surface area contributed by atoms with Crippen molar-refractivity contribution in [1.29, 1.82) is 0 Å². The van der Waals surface area contributed by atoms with Gasteiger partial charge in [-0.1, -0.05) is 110 Å². The highest BCUT2D eigenvalue weighted by Gasteiger charge is 2.16. The second-order valence-corrected chi connectivity index (χ2v) is 10.5. The van der Waals surface area contributed by atoms with Crippen LogP contribution in [-0.2, 0) is 10.1 Å². The molecule has 0 spiro atoms. The van der Waals surface area contributed by atoms with Gasteiger partial charge in [0.15, 0.2) is 0 Å². The summed E-state index contributed by atoms with van der Waals surface area (Å²) in [6, 6.07) is 0. The van der Waals surface area contributed by atoms with Crippen molar-refractivity contribution in [3.05, 3.63) is 0 Å². The first-order valence-electron chi connectivity index (χ1n) is 12.0. The van der Waals surface area contributed by atoms with E-state index in [1.165, 1.54) is 77.0 Å². The molecule has 0 aliphatic heterocycles. The summed E-state index contributed by atoms with van der Waals surface area (Å²) in [4.78, 5) is 0. The molecule has 2 N–H and O–H groups in total. The number of rotatable bonds is 21. The topological polar surface area (TPSA) is 74.6 Å². The van der Waals surface area contributed by atoms with Gasteiger partial charge in [0.1, 0.15) is 0 Å². The van der Waals surface area contributed by atoms with Gasteiger partial charge in [-0.2, -0.15) is 8.42 Å². The Hall–Kier alpha value is -0.130. The zero-order chi connectivity index (χ0) is 21.1. The first kappa shape index (κ1) is 27.9. The lowest BCUT2D eigenvalue weighted by Crippen LogP contribution is -2.16. The maximum atomic E-state index is 10.9. The zero-order valence-electron chi connectivity index (χ0n) is 18.7. The van der Waals surface area contributed by atoms with Gasteiger partial charge >= 0.3 is 0 Å². The molecule has 2 unspecified atom stereocenters. The Kier molecular flexibility index (Phi) is 18.8. The molecular formula is C23H48O4S. The molecular weight excluding hydrogens is 372 g/mol. The molecule has 2 atom stereocenters. The molecule has 4 nitrogen and oxygen atoms in total. The summed E-state index contributed by atoms with van der Waals surface area (Å²) in [5, 5.41) is 9.35. The molecule has 28 heavy (non-hydrogen) atoms. The van der Waals surface area contributed by atoms with Crippen LogP contribution < -0.4 is 0 Å². The highest BCUT2D eigenvalue weighted by Crippen LogP contribution is 2.16. The third-order valence-corrected chi connectivity index (χ3v) is 7.05. The summed E-state index contributed by atoms with van der Waals surface area (Å²) < 4.78 is 30.8. The van der Waals surface area contributed by atoms with Crippen LogP contribution >= 0.6 is 0 Å². The van der Waals surface area contributed by atoms with Crippen LogP contribution in [-0.4, -0.2) is 29.4 Å². The normalized spacial score (nSPS) is 14.3. The molecule has 0 aliphatic rings. The molecule has 0 aromatic heterocycles. The average Bonchev–Trinajstić information content (AvgIpc) is 2.64. The summed E-state index contributed by atoms with van der Waals surface area (Å²) in [6.07, 6.45) is 22.1. The fourth-order valence-corrected chi connectivity index (χ4v) is 4.14. The fourth-order valence-electron chi connectivity index (χ4n) is 3.68. The van der Waals surface area contributed by atoms with Crippen molar-refractivity contribution in [3.63, 3.8) is 0 Å². The Labute approximate surface area is 175 Å². The van der Waals surface area contributed by atoms with Crippen LogP contribution in [0, 0.1) is 0 Å². The van der Waals surface area contributed by atoms with Crippen LogP contribution in [0.25, 0.3) is 0 Å². The van der Waals surface area contributed by atoms with Crippen molar-refractivity contribution in [1.82, 2.24) is 0 Å². The average molecular weight is 421 g/mol. The Morgan fingerprint density at radius 3 is 1.32 bits per heavy atom. The van der Waals surface area contributed by atoms with Gasteiger partial charge in [-0.25, -0.2) is 0 Å². The minimum absolute atomic E-state index is 0.216. The fraction of sp³-hybridized carbons (Fsp3) is 1.00. The van der Waals surface area contributed by atoms with Crippen molar-refractivity contribution in [2.24, 2.45) is 0 Å². The first-order valence-corrected chi connectivity index (χ1v) is 13.5. The summed E-state index contributed by atoms with van der Waals surface area (Å²) in [6.45, 7) is 3.81. The van der Waals surface area contributed by atoms with Crippen molar-refractivity contribution in [3.8, 4) is 0 Å². The number of aliphatic hydroxyl groups is 1. The predicted molar refractivity (Wildman–Crippen MR) is 120 cm³/mol. The molecule has 0 aromatic carbocycles. The van der Waals surface area contributed by atoms with Crippen molar-refractivity contribution in [2.45, 2.75) is 147 Å². The lowest BCUT2D eigenvalue weighted by Gasteiger charge is -2.11. The van der Waals surface area contributed by atoms with E-state index in [0.29, 0.717) is 6.42 Å². The smallest absolute Gasteiger partial charge is 0.267 e. The summed E-state index contributed by atoms with van der Waals surface area (Å²) in [5.74, 6) is 0. The van der Waals surface area contributed by atoms with Gasteiger partial charge in [-0.05, 0) is 26.2 Å². The first-order chi connectivity index (χ1) is 13.4. The van der Waals surface area contributed by atoms with Gasteiger partial charge in [0, 0.05) is 0 Å². The van der Waals surface area contributed by atoms with E-state index in [0.717, 1.165) is 38.5 Å². The maximum absolute atomic E-state index is 10.9. The van der Waals surface area contributed by atoms with Crippen molar-refractivity contribution in [2.75, 3.05) is 0 Å². The monoisotopic (exact) mass is 420 g/mol. The molecule has 0 heterocycles. The summed E-state index contributed by atoms with van der Waals surface area (Å²) in [5.41, 5.74) is 0. The molecule has 0 saturated carbocycles. The Morgan fingerprint density at radius 2 is 0.929 bits per heavy atom. The Morgan fingerprint density at radius 1 is 0.607 bits per heavy atom. The molecule has 5 heteroatoms. The van der Waals surface area contributed by atoms with Gasteiger partial charge in [-0.3, -0.25) is 4.55 Å². The number of unbranched alkanes of at least 4 members (excludes halogenated alkanes) is 14. The van der Waals surface area contributed by atoms with Crippen LogP contribution in [0.1, 0.15) is 136 Å². The second-order valence-electron chi connectivity index (χ2n) is 8.65. The largest absolute Gasteiger partial charge is 0.393 e. The van der Waals surface area contributed by atoms with E-state index in [1.807, 2.05) is 0 Å². The van der Waals surface area contributed by atoms with E-state index in [4.69, 9.17) is 4.55 Å². The van der Waals surface area contributed by atoms with Crippen LogP contribution in [0.3, 0.4) is 0 Å². The molecule has 0 amide bonds. The van der Waals surface area contributed by atoms with Crippen LogP contribution in [0.4, 0.5) is 0 Å². The third-order valence-electron chi connectivity index (χ3n) is 5.80. The molecule has 0 aromatic rings. The standard InChI is InChI=1S/C23H48O4S/c1-3-4-5-6-7-8-9-10-11-12-13-14-17-20-23(24)21-18-15-16-19-22(2)28(25,26)27/h22-24H,3-21H2,1-2H3,(H,25,26,27). The van der Waals surface area contributed by atoms with Crippen LogP contribution in [0.15, 0.2) is 0 Å². The lowest BCUT2D eigenvalue weighted by molar-refractivity contribution is 0.147. The van der Waals surface area contributed by atoms with E-state index >= 15 is 0 Å². The van der Waals surface area contributed by atoms with Gasteiger partial charge in [0.25, 0.3) is 10.1 Å². The van der Waals surface area contributed by atoms with E-state index in [9.17, 15) is 13.5 Å². The van der Waals surface area contributed by atoms with Gasteiger partial charge < -0.3 is 5.11 Å². The van der Waals surface area contributed by atoms with Gasteiger partial charge in [0.2, 0.25) is 0 Å². The van der Waals surface area contributed by atoms with Crippen LogP contribution in [0.5, 0.6) is 0 Å². The van der Waals surface area contributed by atoms with E-state index in [2.05, 4.69) is 6.92 Å². The van der Waals surface area contributed by atoms with Gasteiger partial charge in [-0.15, -0.1) is 0 Å². The molecule has 0 radical (unpaired) electrons. The number of hydrogen-bond donors (Lipinski definition) is 2. The minimum atomic E-state index is -3.89. The zero-order valence-corrected chi connectivity index (χ0v) is 19.5. The van der Waals surface area contributed by atoms with E-state index < -0.39 is 15.4 Å². The highest BCUT2D eigenvalue weighted by atomic mass is 32.2. The molecule has 0 bridgehead atoms. The third kappa shape index (κ3) is 19.2. The maximum Gasteiger partial charge on any atom is 0.267 e. The SMILES string of the molecule is CCCCCCCCCCCCCCCC(O)CCCCCC(C)S(=O)(=O)O. The number of hydrogen-bond acceptors (Lipinski definition) is 3. The Balaban J connectivity index is 3.28. The summed E-state index contributed by atoms with van der Waals surface area (Å²) >= 11 is 0. The molecule has 0 saturated heterocycles. The van der Waals surface area contributed by atoms with Crippen LogP contribution in [0.2, 0.25) is 0 Å². The number of aliphatic hydroxyl groups excluding tert-OH is 1. The molecule has 0 aliphatic carbocycles. The molecule has 170 valence electrons. The predicted octanol–water partition coefficient (Wildman–Crippen LogP) is 7.06. The quantitative estimate of drug-likeness (QED) is 0.154. The molecule has 0 rings (SSSR count). The molecule has 0 fully saturated rings. The van der Waals surface area contributed by atoms with E-state index in [-0.39, 0.29) is 6.10 Å².